The summed E-state index contributed by atoms with van der Waals surface area (Å²) in [6, 6.07) is 3.95. The molecule has 0 radical (unpaired) electrons. The molecule has 7 rings (SSSR count). The maximum Gasteiger partial charge on any atom is 0.340 e. The summed E-state index contributed by atoms with van der Waals surface area (Å²) in [5.41, 5.74) is 5.35. The van der Waals surface area contributed by atoms with E-state index in [-0.39, 0.29) is 5.97 Å². The van der Waals surface area contributed by atoms with Gasteiger partial charge in [0, 0.05) is 23.4 Å². The van der Waals surface area contributed by atoms with E-state index in [1.165, 1.54) is 45.6 Å². The van der Waals surface area contributed by atoms with Crippen molar-refractivity contribution in [3.8, 4) is 11.1 Å². The van der Waals surface area contributed by atoms with E-state index >= 15 is 0 Å². The highest BCUT2D eigenvalue weighted by Crippen LogP contribution is 2.60. The summed E-state index contributed by atoms with van der Waals surface area (Å²) >= 11 is 0. The Morgan fingerprint density at radius 2 is 1.87 bits per heavy atom. The molecule has 2 aromatic heterocycles. The molecule has 0 aliphatic heterocycles. The molecule has 2 heterocycles. The molecule has 4 aliphatic carbocycles. The Morgan fingerprint density at radius 1 is 1.17 bits per heavy atom. The number of rotatable bonds is 4. The van der Waals surface area contributed by atoms with Crippen LogP contribution >= 0.6 is 0 Å². The number of hydrogen-bond donors (Lipinski definition) is 1. The molecule has 6 nitrogen and oxygen atoms in total. The Kier molecular flexibility index (Phi) is 3.89. The van der Waals surface area contributed by atoms with Crippen molar-refractivity contribution in [1.82, 2.24) is 19.7 Å². The average molecular weight is 405 g/mol. The lowest BCUT2D eigenvalue weighted by molar-refractivity contribution is -0.0638. The molecule has 156 valence electrons. The molecular weight excluding hydrogens is 376 g/mol. The third kappa shape index (κ3) is 2.65. The van der Waals surface area contributed by atoms with Gasteiger partial charge in [0.25, 0.3) is 0 Å². The summed E-state index contributed by atoms with van der Waals surface area (Å²) in [7, 11) is 1.42. The Balaban J connectivity index is 1.39. The number of esters is 1. The predicted octanol–water partition coefficient (Wildman–Crippen LogP) is 4.74. The van der Waals surface area contributed by atoms with Crippen LogP contribution in [0, 0.1) is 30.1 Å². The second-order valence-corrected chi connectivity index (χ2v) is 10.00. The van der Waals surface area contributed by atoms with Crippen LogP contribution in [0.4, 0.5) is 0 Å². The molecule has 0 spiro atoms. The zero-order valence-electron chi connectivity index (χ0n) is 17.6. The fraction of sp³-hybridized carbons (Fsp3) is 0.542. The molecule has 3 aromatic rings. The van der Waals surface area contributed by atoms with Crippen LogP contribution in [0.1, 0.15) is 54.6 Å². The molecule has 4 saturated carbocycles. The molecule has 0 unspecified atom stereocenters. The number of fused-ring (bicyclic) bond motifs is 1. The number of carbonyl (C=O) groups is 1. The van der Waals surface area contributed by atoms with Crippen LogP contribution in [-0.2, 0) is 11.3 Å². The van der Waals surface area contributed by atoms with E-state index in [2.05, 4.69) is 21.6 Å². The van der Waals surface area contributed by atoms with Crippen molar-refractivity contribution < 1.29 is 9.53 Å². The second kappa shape index (κ2) is 6.43. The van der Waals surface area contributed by atoms with E-state index in [4.69, 9.17) is 9.84 Å². The number of hydrogen-bond acceptors (Lipinski definition) is 4. The summed E-state index contributed by atoms with van der Waals surface area (Å²) in [5, 5.41) is 4.80. The highest BCUT2D eigenvalue weighted by Gasteiger charge is 2.51. The molecule has 1 N–H and O–H groups in total. The van der Waals surface area contributed by atoms with E-state index in [0.717, 1.165) is 46.6 Å². The smallest absolute Gasteiger partial charge is 0.340 e. The topological polar surface area (TPSA) is 72.8 Å². The van der Waals surface area contributed by atoms with Crippen molar-refractivity contribution in [2.75, 3.05) is 7.11 Å². The first-order valence-corrected chi connectivity index (χ1v) is 11.1. The van der Waals surface area contributed by atoms with Gasteiger partial charge in [-0.05, 0) is 74.7 Å². The minimum Gasteiger partial charge on any atom is -0.465 e. The van der Waals surface area contributed by atoms with Gasteiger partial charge in [0.15, 0.2) is 0 Å². The van der Waals surface area contributed by atoms with Crippen LogP contribution < -0.4 is 0 Å². The number of carbonyl (C=O) groups excluding carboxylic acids is 1. The first kappa shape index (κ1) is 18.2. The lowest BCUT2D eigenvalue weighted by Gasteiger charge is -2.56. The van der Waals surface area contributed by atoms with Gasteiger partial charge in [-0.25, -0.2) is 9.78 Å². The summed E-state index contributed by atoms with van der Waals surface area (Å²) < 4.78 is 7.29. The second-order valence-electron chi connectivity index (χ2n) is 10.00. The van der Waals surface area contributed by atoms with Gasteiger partial charge in [-0.2, -0.15) is 5.10 Å². The molecular formula is C24H28N4O2. The van der Waals surface area contributed by atoms with Crippen molar-refractivity contribution in [3.05, 3.63) is 35.9 Å². The van der Waals surface area contributed by atoms with Gasteiger partial charge in [-0.3, -0.25) is 4.68 Å². The first-order valence-electron chi connectivity index (χ1n) is 11.1. The highest BCUT2D eigenvalue weighted by atomic mass is 16.5. The van der Waals surface area contributed by atoms with Crippen molar-refractivity contribution in [3.63, 3.8) is 0 Å². The Hall–Kier alpha value is -2.63. The van der Waals surface area contributed by atoms with Gasteiger partial charge >= 0.3 is 5.97 Å². The van der Waals surface area contributed by atoms with Crippen LogP contribution in [0.2, 0.25) is 0 Å². The van der Waals surface area contributed by atoms with Gasteiger partial charge in [-0.15, -0.1) is 0 Å². The SMILES string of the molecule is COC(=O)c1c(-c2cnn(CC34CC5CC(CC(C5)C3)C4)c2C)ccc2[nH]cnc12. The zero-order valence-corrected chi connectivity index (χ0v) is 17.6. The number of ether oxygens (including phenoxy) is 1. The van der Waals surface area contributed by atoms with Crippen LogP contribution in [0.25, 0.3) is 22.2 Å². The maximum absolute atomic E-state index is 12.6. The molecule has 0 amide bonds. The zero-order chi connectivity index (χ0) is 20.5. The molecule has 0 saturated heterocycles. The van der Waals surface area contributed by atoms with Crippen LogP contribution in [-0.4, -0.2) is 32.8 Å². The fourth-order valence-corrected chi connectivity index (χ4v) is 7.21. The predicted molar refractivity (Wildman–Crippen MR) is 114 cm³/mol. The monoisotopic (exact) mass is 404 g/mol. The number of benzene rings is 1. The highest BCUT2D eigenvalue weighted by molar-refractivity contribution is 6.08. The molecule has 0 atom stereocenters. The van der Waals surface area contributed by atoms with E-state index in [0.29, 0.717) is 16.5 Å². The quantitative estimate of drug-likeness (QED) is 0.638. The molecule has 4 fully saturated rings. The summed E-state index contributed by atoms with van der Waals surface area (Å²) in [4.78, 5) is 20.1. The summed E-state index contributed by atoms with van der Waals surface area (Å²) in [6.45, 7) is 3.12. The fourth-order valence-electron chi connectivity index (χ4n) is 7.21. The molecule has 30 heavy (non-hydrogen) atoms. The standard InChI is InChI=1S/C24H28N4O2/c1-14-19(18-3-4-20-22(26-13-25-20)21(18)23(29)30-2)11-27-28(14)12-24-8-15-5-16(9-24)7-17(6-15)10-24/h3-4,11,13,15-17H,5-10,12H2,1-2H3,(H,25,26). The molecule has 1 aromatic carbocycles. The minimum absolute atomic E-state index is 0.365. The van der Waals surface area contributed by atoms with Crippen molar-refractivity contribution in [2.24, 2.45) is 23.2 Å². The number of nitrogens with one attached hydrogen (secondary N) is 1. The van der Waals surface area contributed by atoms with Gasteiger partial charge in [0.05, 0.1) is 30.7 Å². The van der Waals surface area contributed by atoms with Crippen molar-refractivity contribution in [1.29, 1.82) is 0 Å². The molecule has 4 bridgehead atoms. The van der Waals surface area contributed by atoms with Gasteiger partial charge in [-0.1, -0.05) is 6.07 Å². The van der Waals surface area contributed by atoms with Gasteiger partial charge in [0.2, 0.25) is 0 Å². The van der Waals surface area contributed by atoms with Crippen molar-refractivity contribution >= 4 is 17.0 Å². The largest absolute Gasteiger partial charge is 0.465 e. The van der Waals surface area contributed by atoms with Crippen LogP contribution in [0.15, 0.2) is 24.7 Å². The summed E-state index contributed by atoms with van der Waals surface area (Å²) in [6.07, 6.45) is 12.0. The third-order valence-corrected chi connectivity index (χ3v) is 8.02. The normalized spacial score (nSPS) is 29.6. The molecule has 6 heteroatoms. The van der Waals surface area contributed by atoms with Crippen LogP contribution in [0.5, 0.6) is 0 Å². The Bertz CT molecular complexity index is 1110. The van der Waals surface area contributed by atoms with E-state index in [1.807, 2.05) is 18.3 Å². The van der Waals surface area contributed by atoms with E-state index in [9.17, 15) is 4.79 Å². The van der Waals surface area contributed by atoms with Crippen molar-refractivity contribution in [2.45, 2.75) is 52.0 Å². The minimum atomic E-state index is -0.365. The Labute approximate surface area is 176 Å². The number of methoxy groups -OCH3 is 1. The van der Waals surface area contributed by atoms with E-state index in [1.54, 1.807) is 6.33 Å². The summed E-state index contributed by atoms with van der Waals surface area (Å²) in [5.74, 6) is 2.43. The Morgan fingerprint density at radius 3 is 2.53 bits per heavy atom. The lowest BCUT2D eigenvalue weighted by atomic mass is 9.49. The number of H-pyrrole nitrogens is 1. The lowest BCUT2D eigenvalue weighted by Crippen LogP contribution is -2.48. The van der Waals surface area contributed by atoms with Gasteiger partial charge in [0.1, 0.15) is 5.52 Å². The number of aromatic nitrogens is 4. The molecule has 4 aliphatic rings. The third-order valence-electron chi connectivity index (χ3n) is 8.02. The average Bonchev–Trinajstić information content (AvgIpc) is 3.32. The maximum atomic E-state index is 12.6. The number of nitrogens with zero attached hydrogens (tertiary/aromatic N) is 3. The first-order chi connectivity index (χ1) is 14.5. The van der Waals surface area contributed by atoms with E-state index < -0.39 is 0 Å². The van der Waals surface area contributed by atoms with Gasteiger partial charge < -0.3 is 9.72 Å². The van der Waals surface area contributed by atoms with Crippen LogP contribution in [0.3, 0.4) is 0 Å². The number of aromatic amines is 1. The number of imidazole rings is 1.